The largest absolute Gasteiger partial charge is 0.476 e. The Morgan fingerprint density at radius 3 is 2.07 bits per heavy atom. The number of aryl methyl sites for hydroxylation is 2. The lowest BCUT2D eigenvalue weighted by Gasteiger charge is -2.29. The predicted molar refractivity (Wildman–Crippen MR) is 307 cm³/mol. The van der Waals surface area contributed by atoms with Crippen LogP contribution in [0.3, 0.4) is 0 Å². The van der Waals surface area contributed by atoms with Crippen LogP contribution in [0.4, 0.5) is 0 Å². The fourth-order valence-electron chi connectivity index (χ4n) is 9.65. The summed E-state index contributed by atoms with van der Waals surface area (Å²) < 4.78 is 0. The van der Waals surface area contributed by atoms with Gasteiger partial charge >= 0.3 is 5.97 Å². The monoisotopic (exact) mass is 1200 g/mol. The zero-order valence-electron chi connectivity index (χ0n) is 43.0. The van der Waals surface area contributed by atoms with Crippen molar-refractivity contribution in [3.05, 3.63) is 153 Å². The number of ketones is 1. The van der Waals surface area contributed by atoms with Crippen LogP contribution in [0.5, 0.6) is 0 Å². The van der Waals surface area contributed by atoms with Crippen molar-refractivity contribution in [3.63, 3.8) is 0 Å². The molecule has 0 spiro atoms. The Morgan fingerprint density at radius 1 is 0.691 bits per heavy atom. The fourth-order valence-corrected chi connectivity index (χ4v) is 15.0. The highest BCUT2D eigenvalue weighted by atomic mass is 32.1. The number of carbonyl (C=O) groups excluding carboxylic acids is 5. The van der Waals surface area contributed by atoms with Crippen molar-refractivity contribution in [2.75, 3.05) is 6.54 Å². The van der Waals surface area contributed by atoms with Gasteiger partial charge in [-0.15, -0.1) is 68.0 Å². The second-order valence-corrected chi connectivity index (χ2v) is 25.1. The Balaban J connectivity index is 1.02. The van der Waals surface area contributed by atoms with Gasteiger partial charge in [0.25, 0.3) is 11.8 Å². The van der Waals surface area contributed by atoms with Gasteiger partial charge in [0.05, 0.1) is 41.4 Å². The third-order valence-corrected chi connectivity index (χ3v) is 19.5. The molecule has 0 saturated carbocycles. The maximum atomic E-state index is 15.2. The number of aliphatic hydroxyl groups excluding tert-OH is 2. The minimum absolute atomic E-state index is 0.0116. The molecule has 7 atom stereocenters. The van der Waals surface area contributed by atoms with E-state index in [2.05, 4.69) is 20.6 Å². The van der Waals surface area contributed by atoms with E-state index in [1.54, 1.807) is 65.0 Å². The van der Waals surface area contributed by atoms with E-state index in [4.69, 9.17) is 30.7 Å². The molecular weight excluding hydrogens is 1150 g/mol. The number of nitrogens with one attached hydrogen (secondary N) is 2. The van der Waals surface area contributed by atoms with Crippen molar-refractivity contribution in [1.82, 2.24) is 50.4 Å². The van der Waals surface area contributed by atoms with Crippen LogP contribution in [0.1, 0.15) is 122 Å². The Hall–Kier alpha value is -7.69. The van der Waals surface area contributed by atoms with Crippen LogP contribution in [0, 0.1) is 19.8 Å². The van der Waals surface area contributed by atoms with Gasteiger partial charge in [0.2, 0.25) is 11.8 Å². The van der Waals surface area contributed by atoms with Crippen molar-refractivity contribution in [2.24, 2.45) is 11.7 Å². The number of carboxylic acid groups (broad SMARTS) is 1. The van der Waals surface area contributed by atoms with E-state index in [-0.39, 0.29) is 58.6 Å². The van der Waals surface area contributed by atoms with Crippen molar-refractivity contribution >= 4 is 103 Å². The van der Waals surface area contributed by atoms with E-state index in [1.165, 1.54) is 33.4 Å². The number of pyridine rings is 1. The molecule has 7 N–H and O–H groups in total. The van der Waals surface area contributed by atoms with Crippen LogP contribution in [0.25, 0.3) is 43.4 Å². The lowest BCUT2D eigenvalue weighted by molar-refractivity contribution is -0.134. The molecule has 412 valence electrons. The molecule has 81 heavy (non-hydrogen) atoms. The van der Waals surface area contributed by atoms with E-state index >= 15 is 4.79 Å². The molecule has 0 unspecified atom stereocenters. The number of nitrogens with two attached hydrogens (primary N) is 1. The van der Waals surface area contributed by atoms with E-state index in [1.807, 2.05) is 43.5 Å². The SMILES string of the molecule is Cc1ccc(C[C@@H]2NC(=O)c3csc(n3)[C@H]([C@H](O)c3ccccc3)CC(=O)c3nc(sc3C)[C@H](CC(N)=O)NC(=O)c3csc(n3)-c3ccc(-c4nc(C(=O)O)cs4)nc3-c3csc(n3)-c3csc(n3)[C@@H]3[C@@H](C)[C@@H](O)CN3C2=O)cc1. The molecule has 2 aromatic carbocycles. The number of fused-ring (bicyclic) bond motifs is 16. The number of hydrogen-bond acceptors (Lipinski definition) is 21. The number of aliphatic hydroxyl groups is 2. The molecule has 9 heterocycles. The molecule has 10 bridgehead atoms. The first-order valence-electron chi connectivity index (χ1n) is 25.2. The Morgan fingerprint density at radius 2 is 1.33 bits per heavy atom. The first kappa shape index (κ1) is 55.2. The average Bonchev–Trinajstić information content (AvgIpc) is 4.47. The Kier molecular flexibility index (Phi) is 15.7. The molecule has 0 aliphatic carbocycles. The summed E-state index contributed by atoms with van der Waals surface area (Å²) in [7, 11) is 0. The third kappa shape index (κ3) is 11.5. The number of aromatic carboxylic acids is 1. The number of carbonyl (C=O) groups is 6. The average molecular weight is 1200 g/mol. The maximum Gasteiger partial charge on any atom is 0.355 e. The smallest absolute Gasteiger partial charge is 0.355 e. The van der Waals surface area contributed by atoms with Gasteiger partial charge in [0.1, 0.15) is 65.2 Å². The highest BCUT2D eigenvalue weighted by Gasteiger charge is 2.45. The van der Waals surface area contributed by atoms with Gasteiger partial charge in [-0.05, 0) is 37.1 Å². The Labute approximate surface area is 485 Å². The molecule has 2 aliphatic rings. The molecular formula is C55H47N11O9S6. The van der Waals surface area contributed by atoms with Gasteiger partial charge in [-0.2, -0.15) is 0 Å². The summed E-state index contributed by atoms with van der Waals surface area (Å²) in [5.41, 5.74) is 9.88. The molecule has 9 aromatic rings. The van der Waals surface area contributed by atoms with E-state index < -0.39 is 77.6 Å². The van der Waals surface area contributed by atoms with E-state index in [0.717, 1.165) is 56.5 Å². The second kappa shape index (κ2) is 23.0. The molecule has 7 aromatic heterocycles. The number of carboxylic acids is 1. The van der Waals surface area contributed by atoms with Gasteiger partial charge in [-0.25, -0.2) is 39.7 Å². The van der Waals surface area contributed by atoms with Gasteiger partial charge in [-0.3, -0.25) is 24.0 Å². The van der Waals surface area contributed by atoms with Gasteiger partial charge in [0.15, 0.2) is 11.5 Å². The molecule has 11 rings (SSSR count). The normalized spacial score (nSPS) is 20.1. The summed E-state index contributed by atoms with van der Waals surface area (Å²) in [5, 5.41) is 49.2. The zero-order valence-corrected chi connectivity index (χ0v) is 47.9. The summed E-state index contributed by atoms with van der Waals surface area (Å²) >= 11 is 6.99. The summed E-state index contributed by atoms with van der Waals surface area (Å²) in [6.07, 6.45) is -2.82. The molecule has 1 fully saturated rings. The molecule has 4 amide bonds. The number of nitrogens with zero attached hydrogens (tertiary/aromatic N) is 8. The van der Waals surface area contributed by atoms with Crippen molar-refractivity contribution in [2.45, 2.75) is 76.3 Å². The van der Waals surface area contributed by atoms with Crippen molar-refractivity contribution in [1.29, 1.82) is 0 Å². The number of amides is 4. The predicted octanol–water partition coefficient (Wildman–Crippen LogP) is 8.48. The summed E-state index contributed by atoms with van der Waals surface area (Å²) in [6.45, 7) is 5.42. The van der Waals surface area contributed by atoms with Crippen LogP contribution in [-0.4, -0.2) is 109 Å². The molecule has 2 aliphatic heterocycles. The summed E-state index contributed by atoms with van der Waals surface area (Å²) in [4.78, 5) is 118. The van der Waals surface area contributed by atoms with Gasteiger partial charge in [-0.1, -0.05) is 67.1 Å². The number of rotatable bonds is 8. The quantitative estimate of drug-likeness (QED) is 0.0831. The summed E-state index contributed by atoms with van der Waals surface area (Å²) in [5.74, 6) is -5.70. The number of Topliss-reactive ketones (excluding diaryl/α,β-unsaturated/α-hetero) is 1. The Bertz CT molecular complexity index is 3890. The lowest BCUT2D eigenvalue weighted by Crippen LogP contribution is -2.50. The molecule has 20 nitrogen and oxygen atoms in total. The highest BCUT2D eigenvalue weighted by Crippen LogP contribution is 2.43. The fraction of sp³-hybridized carbons (Fsp3) is 0.255. The number of thiazole rings is 6. The van der Waals surface area contributed by atoms with Crippen molar-refractivity contribution in [3.8, 4) is 43.4 Å². The van der Waals surface area contributed by atoms with Gasteiger partial charge < -0.3 is 36.6 Å². The van der Waals surface area contributed by atoms with E-state index in [0.29, 0.717) is 58.8 Å². The minimum Gasteiger partial charge on any atom is -0.476 e. The van der Waals surface area contributed by atoms with E-state index in [9.17, 15) is 39.3 Å². The second-order valence-electron chi connectivity index (χ2n) is 19.5. The highest BCUT2D eigenvalue weighted by molar-refractivity contribution is 7.15. The van der Waals surface area contributed by atoms with Gasteiger partial charge in [0, 0.05) is 68.6 Å². The first-order chi connectivity index (χ1) is 39.0. The first-order valence-corrected chi connectivity index (χ1v) is 30.4. The minimum atomic E-state index is -1.28. The van der Waals surface area contributed by atoms with Crippen LogP contribution in [0.2, 0.25) is 0 Å². The molecule has 0 radical (unpaired) electrons. The summed E-state index contributed by atoms with van der Waals surface area (Å²) in [6, 6.07) is 16.8. The van der Waals surface area contributed by atoms with Crippen LogP contribution in [-0.2, 0) is 16.0 Å². The zero-order chi connectivity index (χ0) is 56.8. The van der Waals surface area contributed by atoms with Crippen LogP contribution >= 0.6 is 68.0 Å². The number of aromatic nitrogens is 7. The lowest BCUT2D eigenvalue weighted by atomic mass is 9.90. The standard InChI is InChI=1S/C55H47N11O9S6/c1-24-9-11-27(12-10-24)15-33-54(73)66-18-40(68)25(2)44(66)53-63-37(22-80-53)51-60-34(19-78-51)43-29(13-14-31(57-43)50-64-38(23-79-50)55(74)75)48-61-35(20-76-48)46(71)58-32(17-41(56)69)52-65-42(26(3)81-52)39(67)16-30(45(70)28-7-5-4-6-8-28)49-62-36(21-77-49)47(72)59-33/h4-14,19-23,25,30,32-33,40,44-45,68,70H,15-18H2,1-3H3,(H2,56,69)(H,58,71)(H,59,72)(H,74,75)/t25-,30-,32-,33-,40-,44-,45+/m0/s1. The number of benzene rings is 2. The molecule has 1 saturated heterocycles. The van der Waals surface area contributed by atoms with Crippen molar-refractivity contribution < 1.29 is 44.1 Å². The molecule has 26 heteroatoms. The number of primary amides is 1. The maximum absolute atomic E-state index is 15.2. The van der Waals surface area contributed by atoms with Crippen LogP contribution < -0.4 is 16.4 Å². The number of hydrogen-bond donors (Lipinski definition) is 6. The third-order valence-electron chi connectivity index (χ3n) is 13.9. The topological polar surface area (TPSA) is 307 Å². The van der Waals surface area contributed by atoms with Crippen LogP contribution in [0.15, 0.2) is 93.6 Å².